The number of aromatic nitrogens is 2. The molecule has 0 aliphatic carbocycles. The van der Waals surface area contributed by atoms with Gasteiger partial charge in [0.15, 0.2) is 5.78 Å². The fourth-order valence-electron chi connectivity index (χ4n) is 2.49. The first-order valence-corrected chi connectivity index (χ1v) is 6.41. The van der Waals surface area contributed by atoms with Crippen molar-refractivity contribution in [2.24, 2.45) is 0 Å². The number of aromatic amines is 1. The van der Waals surface area contributed by atoms with E-state index >= 15 is 0 Å². The Morgan fingerprint density at radius 3 is 3.33 bits per heavy atom. The third-order valence-electron chi connectivity index (χ3n) is 3.47. The molecular weight excluding hydrogens is 228 g/mol. The zero-order valence-electron chi connectivity index (χ0n) is 10.2. The Labute approximate surface area is 105 Å². The largest absolute Gasteiger partial charge is 0.378 e. The van der Waals surface area contributed by atoms with Gasteiger partial charge in [0.25, 0.3) is 0 Å². The van der Waals surface area contributed by atoms with Gasteiger partial charge in [-0.1, -0.05) is 0 Å². The summed E-state index contributed by atoms with van der Waals surface area (Å²) in [4.78, 5) is 19.4. The summed E-state index contributed by atoms with van der Waals surface area (Å²) < 4.78 is 5.54. The number of carbonyl (C=O) groups is 1. The fourth-order valence-corrected chi connectivity index (χ4v) is 2.49. The van der Waals surface area contributed by atoms with E-state index in [1.807, 2.05) is 12.1 Å². The monoisotopic (exact) mass is 244 g/mol. The van der Waals surface area contributed by atoms with E-state index in [0.717, 1.165) is 42.5 Å². The third kappa shape index (κ3) is 2.16. The van der Waals surface area contributed by atoms with Gasteiger partial charge < -0.3 is 9.72 Å². The smallest absolute Gasteiger partial charge is 0.165 e. The second kappa shape index (κ2) is 4.90. The Morgan fingerprint density at radius 2 is 2.50 bits per heavy atom. The van der Waals surface area contributed by atoms with Crippen LogP contribution in [0.5, 0.6) is 0 Å². The maximum absolute atomic E-state index is 12.2. The van der Waals surface area contributed by atoms with Crippen LogP contribution in [0.25, 0.3) is 11.0 Å². The summed E-state index contributed by atoms with van der Waals surface area (Å²) in [6.45, 7) is 0.843. The average molecular weight is 244 g/mol. The lowest BCUT2D eigenvalue weighted by Crippen LogP contribution is -2.08. The number of H-pyrrole nitrogens is 1. The van der Waals surface area contributed by atoms with E-state index in [2.05, 4.69) is 9.97 Å². The molecule has 3 rings (SSSR count). The molecule has 3 heterocycles. The van der Waals surface area contributed by atoms with Crippen LogP contribution in [0.4, 0.5) is 0 Å². The molecule has 1 atom stereocenters. The number of ketones is 1. The van der Waals surface area contributed by atoms with Gasteiger partial charge in [0.1, 0.15) is 5.65 Å². The lowest BCUT2D eigenvalue weighted by Gasteiger charge is -2.07. The molecule has 0 saturated carbocycles. The van der Waals surface area contributed by atoms with Gasteiger partial charge in [-0.3, -0.25) is 4.79 Å². The second-order valence-corrected chi connectivity index (χ2v) is 4.70. The number of carbonyl (C=O) groups excluding carboxylic acids is 1. The minimum Gasteiger partial charge on any atom is -0.378 e. The van der Waals surface area contributed by atoms with Crippen molar-refractivity contribution < 1.29 is 9.53 Å². The molecule has 1 aliphatic rings. The van der Waals surface area contributed by atoms with E-state index in [-0.39, 0.29) is 11.9 Å². The molecule has 0 bridgehead atoms. The van der Waals surface area contributed by atoms with Gasteiger partial charge in [0, 0.05) is 36.4 Å². The Hall–Kier alpha value is -1.68. The summed E-state index contributed by atoms with van der Waals surface area (Å²) in [7, 11) is 0. The Balaban J connectivity index is 1.71. The van der Waals surface area contributed by atoms with Gasteiger partial charge >= 0.3 is 0 Å². The summed E-state index contributed by atoms with van der Waals surface area (Å²) in [5.74, 6) is 0.171. The molecule has 1 N–H and O–H groups in total. The zero-order valence-corrected chi connectivity index (χ0v) is 10.2. The van der Waals surface area contributed by atoms with Crippen molar-refractivity contribution in [3.8, 4) is 0 Å². The average Bonchev–Trinajstić information content (AvgIpc) is 3.05. The van der Waals surface area contributed by atoms with E-state index in [1.54, 1.807) is 12.4 Å². The molecule has 2 aromatic rings. The first-order valence-electron chi connectivity index (χ1n) is 6.41. The highest BCUT2D eigenvalue weighted by atomic mass is 16.5. The van der Waals surface area contributed by atoms with Crippen LogP contribution in [0.1, 0.15) is 36.0 Å². The molecular formula is C14H16N2O2. The van der Waals surface area contributed by atoms with Gasteiger partial charge in [0.05, 0.1) is 6.10 Å². The molecule has 4 heteroatoms. The van der Waals surface area contributed by atoms with E-state index in [9.17, 15) is 4.79 Å². The number of rotatable bonds is 4. The minimum atomic E-state index is 0.171. The highest BCUT2D eigenvalue weighted by molar-refractivity contribution is 6.07. The van der Waals surface area contributed by atoms with Crippen LogP contribution in [-0.4, -0.2) is 28.5 Å². The molecule has 1 aliphatic heterocycles. The van der Waals surface area contributed by atoms with Crippen molar-refractivity contribution in [3.63, 3.8) is 0 Å². The molecule has 94 valence electrons. The zero-order chi connectivity index (χ0) is 12.4. The predicted octanol–water partition coefficient (Wildman–Crippen LogP) is 2.70. The van der Waals surface area contributed by atoms with E-state index in [4.69, 9.17) is 4.74 Å². The number of fused-ring (bicyclic) bond motifs is 1. The number of nitrogens with zero attached hydrogens (tertiary/aromatic N) is 1. The van der Waals surface area contributed by atoms with Gasteiger partial charge in [-0.2, -0.15) is 0 Å². The predicted molar refractivity (Wildman–Crippen MR) is 68.6 cm³/mol. The summed E-state index contributed by atoms with van der Waals surface area (Å²) >= 11 is 0. The number of hydrogen-bond acceptors (Lipinski definition) is 3. The molecule has 4 nitrogen and oxygen atoms in total. The molecule has 0 radical (unpaired) electrons. The third-order valence-corrected chi connectivity index (χ3v) is 3.47. The van der Waals surface area contributed by atoms with Crippen LogP contribution in [0.15, 0.2) is 24.5 Å². The SMILES string of the molecule is O=C(CCC1CCCO1)c1c[nH]c2ncccc12. The van der Waals surface area contributed by atoms with Crippen LogP contribution < -0.4 is 0 Å². The first-order chi connectivity index (χ1) is 8.84. The van der Waals surface area contributed by atoms with Gasteiger partial charge in [-0.15, -0.1) is 0 Å². The molecule has 2 aromatic heterocycles. The molecule has 1 fully saturated rings. The van der Waals surface area contributed by atoms with Crippen molar-refractivity contribution >= 4 is 16.8 Å². The van der Waals surface area contributed by atoms with Crippen LogP contribution in [-0.2, 0) is 4.74 Å². The Morgan fingerprint density at radius 1 is 1.56 bits per heavy atom. The van der Waals surface area contributed by atoms with Crippen molar-refractivity contribution in [2.75, 3.05) is 6.61 Å². The summed E-state index contributed by atoms with van der Waals surface area (Å²) in [6.07, 6.45) is 7.34. The number of hydrogen-bond donors (Lipinski definition) is 1. The van der Waals surface area contributed by atoms with Gasteiger partial charge in [-0.05, 0) is 31.4 Å². The van der Waals surface area contributed by atoms with Crippen LogP contribution >= 0.6 is 0 Å². The van der Waals surface area contributed by atoms with Crippen LogP contribution in [0.3, 0.4) is 0 Å². The summed E-state index contributed by atoms with van der Waals surface area (Å²) in [5, 5.41) is 0.912. The molecule has 1 saturated heterocycles. The molecule has 0 aromatic carbocycles. The van der Waals surface area contributed by atoms with Gasteiger partial charge in [0.2, 0.25) is 0 Å². The molecule has 0 spiro atoms. The van der Waals surface area contributed by atoms with Crippen LogP contribution in [0, 0.1) is 0 Å². The number of ether oxygens (including phenoxy) is 1. The molecule has 18 heavy (non-hydrogen) atoms. The Bertz CT molecular complexity index is 556. The fraction of sp³-hybridized carbons (Fsp3) is 0.429. The minimum absolute atomic E-state index is 0.171. The highest BCUT2D eigenvalue weighted by Crippen LogP contribution is 2.21. The maximum Gasteiger partial charge on any atom is 0.165 e. The van der Waals surface area contributed by atoms with E-state index in [0.29, 0.717) is 6.42 Å². The molecule has 0 amide bonds. The quantitative estimate of drug-likeness (QED) is 0.841. The second-order valence-electron chi connectivity index (χ2n) is 4.70. The van der Waals surface area contributed by atoms with Crippen molar-refractivity contribution in [3.05, 3.63) is 30.1 Å². The first kappa shape index (κ1) is 11.4. The topological polar surface area (TPSA) is 55.0 Å². The van der Waals surface area contributed by atoms with E-state index in [1.165, 1.54) is 0 Å². The van der Waals surface area contributed by atoms with Crippen molar-refractivity contribution in [1.29, 1.82) is 0 Å². The highest BCUT2D eigenvalue weighted by Gasteiger charge is 2.18. The summed E-state index contributed by atoms with van der Waals surface area (Å²) in [6, 6.07) is 3.78. The standard InChI is InChI=1S/C14H16N2O2/c17-13(6-5-10-3-2-8-18-10)12-9-16-14-11(12)4-1-7-15-14/h1,4,7,9-10H,2-3,5-6,8H2,(H,15,16). The number of Topliss-reactive ketones (excluding diaryl/α,β-unsaturated/α-hetero) is 1. The maximum atomic E-state index is 12.2. The Kier molecular flexibility index (Phi) is 3.11. The van der Waals surface area contributed by atoms with Crippen molar-refractivity contribution in [1.82, 2.24) is 9.97 Å². The lowest BCUT2D eigenvalue weighted by molar-refractivity contribution is 0.0860. The van der Waals surface area contributed by atoms with Gasteiger partial charge in [-0.25, -0.2) is 4.98 Å². The molecule has 1 unspecified atom stereocenters. The van der Waals surface area contributed by atoms with Crippen molar-refractivity contribution in [2.45, 2.75) is 31.8 Å². The normalized spacial score (nSPS) is 19.4. The van der Waals surface area contributed by atoms with Crippen LogP contribution in [0.2, 0.25) is 0 Å². The summed E-state index contributed by atoms with van der Waals surface area (Å²) in [5.41, 5.74) is 1.52. The lowest BCUT2D eigenvalue weighted by atomic mass is 10.0. The van der Waals surface area contributed by atoms with E-state index < -0.39 is 0 Å². The number of pyridine rings is 1. The number of nitrogens with one attached hydrogen (secondary N) is 1.